The zero-order valence-electron chi connectivity index (χ0n) is 15.2. The van der Waals surface area contributed by atoms with E-state index in [1.807, 2.05) is 36.4 Å². The molecule has 0 atom stereocenters. The predicted octanol–water partition coefficient (Wildman–Crippen LogP) is 1.87. The van der Waals surface area contributed by atoms with Crippen LogP contribution >= 0.6 is 0 Å². The van der Waals surface area contributed by atoms with Gasteiger partial charge in [0.15, 0.2) is 0 Å². The van der Waals surface area contributed by atoms with Crippen molar-refractivity contribution in [2.75, 3.05) is 39.4 Å². The minimum atomic E-state index is 0.0301. The van der Waals surface area contributed by atoms with Gasteiger partial charge in [0.2, 0.25) is 0 Å². The Kier molecular flexibility index (Phi) is 7.03. The van der Waals surface area contributed by atoms with E-state index in [2.05, 4.69) is 21.9 Å². The topological polar surface area (TPSA) is 56.2 Å². The van der Waals surface area contributed by atoms with Gasteiger partial charge in [-0.2, -0.15) is 0 Å². The second kappa shape index (κ2) is 9.69. The smallest absolute Gasteiger partial charge is 0.123 e. The van der Waals surface area contributed by atoms with Gasteiger partial charge < -0.3 is 14.9 Å². The van der Waals surface area contributed by atoms with Crippen LogP contribution in [-0.4, -0.2) is 59.4 Å². The van der Waals surface area contributed by atoms with Crippen LogP contribution < -0.4 is 4.74 Å². The molecule has 5 nitrogen and oxygen atoms in total. The maximum atomic E-state index is 9.49. The van der Waals surface area contributed by atoms with Gasteiger partial charge in [-0.05, 0) is 17.2 Å². The normalized spacial score (nSPS) is 15.9. The highest BCUT2D eigenvalue weighted by Gasteiger charge is 2.19. The van der Waals surface area contributed by atoms with Crippen molar-refractivity contribution >= 4 is 0 Å². The molecule has 0 saturated carbocycles. The maximum absolute atomic E-state index is 9.49. The fourth-order valence-corrected chi connectivity index (χ4v) is 3.38. The van der Waals surface area contributed by atoms with E-state index in [9.17, 15) is 5.11 Å². The van der Waals surface area contributed by atoms with Crippen molar-refractivity contribution in [1.82, 2.24) is 9.80 Å². The number of hydrogen-bond donors (Lipinski definition) is 2. The molecule has 0 unspecified atom stereocenters. The lowest BCUT2D eigenvalue weighted by Gasteiger charge is -2.35. The molecule has 1 aliphatic heterocycles. The molecule has 0 radical (unpaired) electrons. The third kappa shape index (κ3) is 5.05. The molecule has 5 heteroatoms. The van der Waals surface area contributed by atoms with Crippen molar-refractivity contribution < 1.29 is 14.9 Å². The average Bonchev–Trinajstić information content (AvgIpc) is 2.69. The fraction of sp³-hybridized carbons (Fsp3) is 0.429. The Balaban J connectivity index is 1.53. The minimum Gasteiger partial charge on any atom is -0.491 e. The van der Waals surface area contributed by atoms with Crippen LogP contribution in [-0.2, 0) is 19.7 Å². The number of nitrogens with zero attached hydrogens (tertiary/aromatic N) is 2. The number of hydrogen-bond acceptors (Lipinski definition) is 5. The van der Waals surface area contributed by atoms with E-state index >= 15 is 0 Å². The highest BCUT2D eigenvalue weighted by Crippen LogP contribution is 2.21. The molecular formula is C21H28N2O3. The van der Waals surface area contributed by atoms with E-state index in [-0.39, 0.29) is 13.2 Å². The number of para-hydroxylation sites is 1. The monoisotopic (exact) mass is 356 g/mol. The third-order valence-electron chi connectivity index (χ3n) is 4.86. The van der Waals surface area contributed by atoms with E-state index in [0.29, 0.717) is 6.61 Å². The van der Waals surface area contributed by atoms with Gasteiger partial charge in [-0.1, -0.05) is 42.5 Å². The molecule has 2 aromatic carbocycles. The second-order valence-electron chi connectivity index (χ2n) is 6.66. The zero-order valence-corrected chi connectivity index (χ0v) is 15.2. The lowest BCUT2D eigenvalue weighted by atomic mass is 10.1. The Morgan fingerprint density at radius 1 is 0.731 bits per heavy atom. The first-order valence-electron chi connectivity index (χ1n) is 9.24. The van der Waals surface area contributed by atoms with Gasteiger partial charge in [0.1, 0.15) is 12.4 Å². The van der Waals surface area contributed by atoms with Crippen molar-refractivity contribution in [3.05, 3.63) is 65.2 Å². The molecule has 1 aliphatic rings. The second-order valence-corrected chi connectivity index (χ2v) is 6.66. The maximum Gasteiger partial charge on any atom is 0.123 e. The molecule has 0 bridgehead atoms. The van der Waals surface area contributed by atoms with Crippen molar-refractivity contribution in [1.29, 1.82) is 0 Å². The lowest BCUT2D eigenvalue weighted by Crippen LogP contribution is -2.45. The minimum absolute atomic E-state index is 0.0301. The summed E-state index contributed by atoms with van der Waals surface area (Å²) in [6, 6.07) is 16.2. The number of ether oxygens (including phenoxy) is 1. The number of aliphatic hydroxyl groups excluding tert-OH is 2. The molecule has 2 aromatic rings. The van der Waals surface area contributed by atoms with Crippen LogP contribution in [0.2, 0.25) is 0 Å². The summed E-state index contributed by atoms with van der Waals surface area (Å²) in [6.07, 6.45) is 0. The summed E-state index contributed by atoms with van der Waals surface area (Å²) in [6.45, 7) is 6.26. The van der Waals surface area contributed by atoms with E-state index in [4.69, 9.17) is 9.84 Å². The molecule has 0 aromatic heterocycles. The molecule has 1 heterocycles. The first kappa shape index (κ1) is 18.9. The Bertz CT molecular complexity index is 684. The van der Waals surface area contributed by atoms with Gasteiger partial charge in [0.05, 0.1) is 13.2 Å². The molecule has 2 N–H and O–H groups in total. The number of piperazine rings is 1. The highest BCUT2D eigenvalue weighted by atomic mass is 16.5. The van der Waals surface area contributed by atoms with Crippen LogP contribution in [0.4, 0.5) is 0 Å². The quantitative estimate of drug-likeness (QED) is 0.756. The van der Waals surface area contributed by atoms with Crippen LogP contribution in [0.25, 0.3) is 0 Å². The van der Waals surface area contributed by atoms with Crippen molar-refractivity contribution in [3.63, 3.8) is 0 Å². The van der Waals surface area contributed by atoms with E-state index in [1.165, 1.54) is 11.1 Å². The van der Waals surface area contributed by atoms with Crippen molar-refractivity contribution in [2.45, 2.75) is 19.7 Å². The first-order valence-corrected chi connectivity index (χ1v) is 9.24. The summed E-state index contributed by atoms with van der Waals surface area (Å²) in [7, 11) is 0. The molecular weight excluding hydrogens is 328 g/mol. The molecule has 26 heavy (non-hydrogen) atoms. The lowest BCUT2D eigenvalue weighted by molar-refractivity contribution is 0.120. The summed E-state index contributed by atoms with van der Waals surface area (Å²) in [5.74, 6) is 0.862. The molecule has 3 rings (SSSR count). The molecule has 0 amide bonds. The largest absolute Gasteiger partial charge is 0.491 e. The summed E-state index contributed by atoms with van der Waals surface area (Å²) in [4.78, 5) is 4.88. The van der Waals surface area contributed by atoms with Crippen LogP contribution in [0, 0.1) is 0 Å². The summed E-state index contributed by atoms with van der Waals surface area (Å²) >= 11 is 0. The zero-order chi connectivity index (χ0) is 18.2. The standard InChI is InChI=1S/C21H28N2O3/c24-13-14-26-21-8-4-3-6-19(21)16-23-11-9-22(10-12-23)15-18-5-1-2-7-20(18)17-25/h1-8,24-25H,9-17H2. The third-order valence-corrected chi connectivity index (χ3v) is 4.86. The van der Waals surface area contributed by atoms with Gasteiger partial charge in [-0.3, -0.25) is 9.80 Å². The highest BCUT2D eigenvalue weighted by molar-refractivity contribution is 5.33. The van der Waals surface area contributed by atoms with E-state index in [1.54, 1.807) is 0 Å². The molecule has 140 valence electrons. The molecule has 1 fully saturated rings. The van der Waals surface area contributed by atoms with Crippen LogP contribution in [0.1, 0.15) is 16.7 Å². The van der Waals surface area contributed by atoms with Crippen LogP contribution in [0.3, 0.4) is 0 Å². The number of rotatable bonds is 8. The number of benzene rings is 2. The van der Waals surface area contributed by atoms with Gasteiger partial charge in [0.25, 0.3) is 0 Å². The summed E-state index contributed by atoms with van der Waals surface area (Å²) in [5, 5.41) is 18.5. The van der Waals surface area contributed by atoms with Gasteiger partial charge in [-0.15, -0.1) is 0 Å². The Hall–Kier alpha value is -1.92. The van der Waals surface area contributed by atoms with Crippen molar-refractivity contribution in [2.24, 2.45) is 0 Å². The van der Waals surface area contributed by atoms with Gasteiger partial charge in [0, 0.05) is 44.8 Å². The predicted molar refractivity (Wildman–Crippen MR) is 102 cm³/mol. The van der Waals surface area contributed by atoms with E-state index < -0.39 is 0 Å². The Labute approximate surface area is 155 Å². The molecule has 0 aliphatic carbocycles. The van der Waals surface area contributed by atoms with Crippen LogP contribution in [0.15, 0.2) is 48.5 Å². The average molecular weight is 356 g/mol. The van der Waals surface area contributed by atoms with Gasteiger partial charge in [-0.25, -0.2) is 0 Å². The number of aliphatic hydroxyl groups is 2. The Morgan fingerprint density at radius 2 is 1.27 bits per heavy atom. The Morgan fingerprint density at radius 3 is 1.88 bits per heavy atom. The first-order chi connectivity index (χ1) is 12.8. The summed E-state index contributed by atoms with van der Waals surface area (Å²) in [5.41, 5.74) is 3.40. The SMILES string of the molecule is OCCOc1ccccc1CN1CCN(Cc2ccccc2CO)CC1. The van der Waals surface area contributed by atoms with Crippen molar-refractivity contribution in [3.8, 4) is 5.75 Å². The molecule has 1 saturated heterocycles. The van der Waals surface area contributed by atoms with E-state index in [0.717, 1.165) is 50.6 Å². The van der Waals surface area contributed by atoms with Crippen LogP contribution in [0.5, 0.6) is 5.75 Å². The fourth-order valence-electron chi connectivity index (χ4n) is 3.38. The molecule has 0 spiro atoms. The summed E-state index contributed by atoms with van der Waals surface area (Å²) < 4.78 is 5.64. The van der Waals surface area contributed by atoms with Gasteiger partial charge >= 0.3 is 0 Å².